The second-order valence-electron chi connectivity index (χ2n) is 4.13. The molecule has 0 aromatic heterocycles. The first-order valence-electron chi connectivity index (χ1n) is 5.61. The molecule has 2 rings (SSSR count). The summed E-state index contributed by atoms with van der Waals surface area (Å²) >= 11 is 5.88. The van der Waals surface area contributed by atoms with Crippen LogP contribution in [-0.2, 0) is 9.59 Å². The molecule has 5 nitrogen and oxygen atoms in total. The number of β-amino-alcohol motifs (C(OH)–C–C–N with tert-alkyl or cyclic N) is 1. The van der Waals surface area contributed by atoms with Gasteiger partial charge in [-0.05, 0) is 18.6 Å². The second kappa shape index (κ2) is 5.37. The molecule has 1 fully saturated rings. The van der Waals surface area contributed by atoms with Gasteiger partial charge in [-0.25, -0.2) is 0 Å². The fraction of sp³-hybridized carbons (Fsp3) is 0.333. The summed E-state index contributed by atoms with van der Waals surface area (Å²) in [4.78, 5) is 24.8. The molecule has 6 heteroatoms. The number of nitrogens with one attached hydrogen (secondary N) is 1. The zero-order valence-corrected chi connectivity index (χ0v) is 10.4. The Kier molecular flexibility index (Phi) is 3.84. The van der Waals surface area contributed by atoms with Gasteiger partial charge >= 0.3 is 11.8 Å². The van der Waals surface area contributed by atoms with Gasteiger partial charge in [0.15, 0.2) is 0 Å². The summed E-state index contributed by atoms with van der Waals surface area (Å²) in [7, 11) is 0. The molecule has 0 unspecified atom stereocenters. The minimum Gasteiger partial charge on any atom is -0.391 e. The van der Waals surface area contributed by atoms with Crippen LogP contribution in [0, 0.1) is 0 Å². The van der Waals surface area contributed by atoms with Gasteiger partial charge in [-0.15, -0.1) is 0 Å². The topological polar surface area (TPSA) is 69.6 Å². The molecule has 1 aromatic carbocycles. The Balaban J connectivity index is 2.00. The van der Waals surface area contributed by atoms with Crippen molar-refractivity contribution in [3.05, 3.63) is 29.3 Å². The summed E-state index contributed by atoms with van der Waals surface area (Å²) in [5.74, 6) is -1.39. The number of aliphatic hydroxyl groups excluding tert-OH is 1. The first-order valence-corrected chi connectivity index (χ1v) is 5.98. The number of anilines is 1. The normalized spacial score (nSPS) is 18.8. The van der Waals surface area contributed by atoms with Gasteiger partial charge in [-0.2, -0.15) is 0 Å². The molecule has 1 heterocycles. The molecular formula is C12H13ClN2O3. The number of nitrogens with zero attached hydrogens (tertiary/aromatic N) is 1. The molecule has 0 spiro atoms. The van der Waals surface area contributed by atoms with Crippen molar-refractivity contribution in [2.45, 2.75) is 12.5 Å². The number of hydrogen-bond acceptors (Lipinski definition) is 3. The van der Waals surface area contributed by atoms with Crippen LogP contribution in [-0.4, -0.2) is 41.0 Å². The van der Waals surface area contributed by atoms with Crippen LogP contribution >= 0.6 is 11.6 Å². The van der Waals surface area contributed by atoms with Crippen molar-refractivity contribution in [1.29, 1.82) is 0 Å². The zero-order valence-electron chi connectivity index (χ0n) is 9.60. The van der Waals surface area contributed by atoms with Crippen molar-refractivity contribution in [2.24, 2.45) is 0 Å². The SMILES string of the molecule is O=C(Nc1ccccc1Cl)C(=O)N1CC[C@@H](O)C1. The number of hydrogen-bond donors (Lipinski definition) is 2. The van der Waals surface area contributed by atoms with Gasteiger partial charge in [0.2, 0.25) is 0 Å². The van der Waals surface area contributed by atoms with Crippen LogP contribution in [0.2, 0.25) is 5.02 Å². The van der Waals surface area contributed by atoms with Crippen LogP contribution < -0.4 is 5.32 Å². The first kappa shape index (κ1) is 12.9. The van der Waals surface area contributed by atoms with Gasteiger partial charge in [0, 0.05) is 13.1 Å². The highest BCUT2D eigenvalue weighted by Gasteiger charge is 2.29. The lowest BCUT2D eigenvalue weighted by Crippen LogP contribution is -2.38. The Bertz CT molecular complexity index is 478. The Labute approximate surface area is 109 Å². The largest absolute Gasteiger partial charge is 0.391 e. The minimum absolute atomic E-state index is 0.203. The lowest BCUT2D eigenvalue weighted by molar-refractivity contribution is -0.142. The standard InChI is InChI=1S/C12H13ClN2O3/c13-9-3-1-2-4-10(9)14-11(17)12(18)15-6-5-8(16)7-15/h1-4,8,16H,5-7H2,(H,14,17)/t8-/m1/s1. The third kappa shape index (κ3) is 2.80. The predicted molar refractivity (Wildman–Crippen MR) is 67.3 cm³/mol. The van der Waals surface area contributed by atoms with E-state index in [9.17, 15) is 14.7 Å². The van der Waals surface area contributed by atoms with Gasteiger partial charge in [-0.3, -0.25) is 9.59 Å². The van der Waals surface area contributed by atoms with Crippen LogP contribution in [0.25, 0.3) is 0 Å². The van der Waals surface area contributed by atoms with Crippen molar-refractivity contribution in [3.63, 3.8) is 0 Å². The first-order chi connectivity index (χ1) is 8.58. The highest BCUT2D eigenvalue weighted by Crippen LogP contribution is 2.20. The lowest BCUT2D eigenvalue weighted by atomic mass is 10.3. The van der Waals surface area contributed by atoms with Gasteiger partial charge in [0.1, 0.15) is 0 Å². The molecule has 1 aromatic rings. The maximum atomic E-state index is 11.8. The van der Waals surface area contributed by atoms with Crippen LogP contribution in [0.4, 0.5) is 5.69 Å². The summed E-state index contributed by atoms with van der Waals surface area (Å²) in [5, 5.41) is 12.2. The molecule has 18 heavy (non-hydrogen) atoms. The fourth-order valence-electron chi connectivity index (χ4n) is 1.81. The number of likely N-dealkylation sites (tertiary alicyclic amines) is 1. The van der Waals surface area contributed by atoms with E-state index in [0.29, 0.717) is 23.7 Å². The summed E-state index contributed by atoms with van der Waals surface area (Å²) in [6, 6.07) is 6.69. The third-order valence-electron chi connectivity index (χ3n) is 2.77. The van der Waals surface area contributed by atoms with Gasteiger partial charge in [-0.1, -0.05) is 23.7 Å². The molecule has 96 valence electrons. The van der Waals surface area contributed by atoms with Gasteiger partial charge in [0.25, 0.3) is 0 Å². The number of carbonyl (C=O) groups is 2. The van der Waals surface area contributed by atoms with Gasteiger partial charge < -0.3 is 15.3 Å². The summed E-state index contributed by atoms with van der Waals surface area (Å²) < 4.78 is 0. The molecule has 0 aliphatic carbocycles. The molecular weight excluding hydrogens is 256 g/mol. The number of amides is 2. The number of benzene rings is 1. The molecule has 0 radical (unpaired) electrons. The van der Waals surface area contributed by atoms with Gasteiger partial charge in [0.05, 0.1) is 16.8 Å². The van der Waals surface area contributed by atoms with E-state index in [1.165, 1.54) is 4.90 Å². The van der Waals surface area contributed by atoms with E-state index in [0.717, 1.165) is 0 Å². The fourth-order valence-corrected chi connectivity index (χ4v) is 1.99. The molecule has 0 bridgehead atoms. The number of rotatable bonds is 1. The van der Waals surface area contributed by atoms with Crippen molar-refractivity contribution in [3.8, 4) is 0 Å². The number of halogens is 1. The van der Waals surface area contributed by atoms with Crippen molar-refractivity contribution >= 4 is 29.1 Å². The smallest absolute Gasteiger partial charge is 0.313 e. The Morgan fingerprint density at radius 2 is 2.11 bits per heavy atom. The van der Waals surface area contributed by atoms with Crippen LogP contribution in [0.5, 0.6) is 0 Å². The Morgan fingerprint density at radius 1 is 1.39 bits per heavy atom. The Hall–Kier alpha value is -1.59. The second-order valence-corrected chi connectivity index (χ2v) is 4.53. The summed E-state index contributed by atoms with van der Waals surface area (Å²) in [6.45, 7) is 0.602. The van der Waals surface area contributed by atoms with E-state index in [1.54, 1.807) is 24.3 Å². The van der Waals surface area contributed by atoms with E-state index >= 15 is 0 Å². The predicted octanol–water partition coefficient (Wildman–Crippen LogP) is 0.872. The maximum Gasteiger partial charge on any atom is 0.313 e. The molecule has 1 atom stereocenters. The Morgan fingerprint density at radius 3 is 2.72 bits per heavy atom. The van der Waals surface area contributed by atoms with E-state index in [1.807, 2.05) is 0 Å². The summed E-state index contributed by atoms with van der Waals surface area (Å²) in [6.07, 6.45) is -0.0347. The number of para-hydroxylation sites is 1. The van der Waals surface area contributed by atoms with E-state index in [4.69, 9.17) is 11.6 Å². The third-order valence-corrected chi connectivity index (χ3v) is 3.10. The number of aliphatic hydroxyl groups is 1. The molecule has 0 saturated carbocycles. The van der Waals surface area contributed by atoms with E-state index in [-0.39, 0.29) is 6.54 Å². The van der Waals surface area contributed by atoms with Crippen molar-refractivity contribution < 1.29 is 14.7 Å². The minimum atomic E-state index is -0.739. The lowest BCUT2D eigenvalue weighted by Gasteiger charge is -2.15. The molecule has 2 amide bonds. The van der Waals surface area contributed by atoms with E-state index < -0.39 is 17.9 Å². The quantitative estimate of drug-likeness (QED) is 0.743. The molecule has 1 aliphatic rings. The van der Waals surface area contributed by atoms with E-state index in [2.05, 4.69) is 5.32 Å². The highest BCUT2D eigenvalue weighted by molar-refractivity contribution is 6.41. The molecule has 1 aliphatic heterocycles. The monoisotopic (exact) mass is 268 g/mol. The molecule has 2 N–H and O–H groups in total. The van der Waals surface area contributed by atoms with Crippen LogP contribution in [0.15, 0.2) is 24.3 Å². The van der Waals surface area contributed by atoms with Crippen molar-refractivity contribution in [1.82, 2.24) is 4.90 Å². The summed E-state index contributed by atoms with van der Waals surface area (Å²) in [5.41, 5.74) is 0.400. The zero-order chi connectivity index (χ0) is 13.1. The highest BCUT2D eigenvalue weighted by atomic mass is 35.5. The molecule has 1 saturated heterocycles. The maximum absolute atomic E-state index is 11.8. The van der Waals surface area contributed by atoms with Crippen molar-refractivity contribution in [2.75, 3.05) is 18.4 Å². The average Bonchev–Trinajstić information content (AvgIpc) is 2.78. The van der Waals surface area contributed by atoms with Crippen LogP contribution in [0.3, 0.4) is 0 Å². The van der Waals surface area contributed by atoms with Crippen LogP contribution in [0.1, 0.15) is 6.42 Å². The number of carbonyl (C=O) groups excluding carboxylic acids is 2. The average molecular weight is 269 g/mol.